The molecule has 0 rings (SSSR count). The van der Waals surface area contributed by atoms with Crippen molar-refractivity contribution in [1.29, 1.82) is 0 Å². The molecule has 108 valence electrons. The molecule has 0 heterocycles. The van der Waals surface area contributed by atoms with Crippen molar-refractivity contribution in [3.63, 3.8) is 0 Å². The van der Waals surface area contributed by atoms with E-state index in [0.717, 1.165) is 0 Å². The lowest BCUT2D eigenvalue weighted by molar-refractivity contribution is -0.132. The molecule has 6 nitrogen and oxygen atoms in total. The van der Waals surface area contributed by atoms with Crippen molar-refractivity contribution in [2.24, 2.45) is 0 Å². The maximum absolute atomic E-state index is 9.60. The molecule has 18 heavy (non-hydrogen) atoms. The van der Waals surface area contributed by atoms with Crippen molar-refractivity contribution >= 4 is 5.97 Å². The molecule has 0 aliphatic rings. The summed E-state index contributed by atoms with van der Waals surface area (Å²) in [7, 11) is 0. The van der Waals surface area contributed by atoms with Crippen LogP contribution < -0.4 is 0 Å². The highest BCUT2D eigenvalue weighted by atomic mass is 16.5. The Morgan fingerprint density at radius 2 is 1.78 bits per heavy atom. The number of rotatable bonds is 9. The Morgan fingerprint density at radius 3 is 2.17 bits per heavy atom. The number of aliphatic hydroxyl groups excluding tert-OH is 2. The average Bonchev–Trinajstić information content (AvgIpc) is 2.33. The SMILES string of the molecule is C=C(C)C(=O)O.CCC(O)COCCOCCO. The van der Waals surface area contributed by atoms with Crippen molar-refractivity contribution in [3.05, 3.63) is 12.2 Å². The maximum atomic E-state index is 9.60. The quantitative estimate of drug-likeness (QED) is 0.413. The Bertz CT molecular complexity index is 205. The second-order valence-electron chi connectivity index (χ2n) is 3.56. The molecule has 0 fully saturated rings. The molecular weight excluding hydrogens is 240 g/mol. The number of ether oxygens (including phenoxy) is 2. The molecule has 6 heteroatoms. The average molecular weight is 264 g/mol. The largest absolute Gasteiger partial charge is 0.478 e. The standard InChI is InChI=1S/C8H18O4.C4H6O2/c1-2-8(10)7-12-6-5-11-4-3-9;1-3(2)4(5)6/h8-10H,2-7H2,1H3;1H2,2H3,(H,5,6). The van der Waals surface area contributed by atoms with Crippen molar-refractivity contribution < 1.29 is 29.6 Å². The first kappa shape index (κ1) is 19.4. The van der Waals surface area contributed by atoms with Crippen LogP contribution in [0.1, 0.15) is 20.3 Å². The maximum Gasteiger partial charge on any atom is 0.330 e. The monoisotopic (exact) mass is 264 g/mol. The number of hydrogen-bond acceptors (Lipinski definition) is 5. The minimum Gasteiger partial charge on any atom is -0.478 e. The molecule has 0 amide bonds. The van der Waals surface area contributed by atoms with E-state index in [0.29, 0.717) is 32.8 Å². The fourth-order valence-corrected chi connectivity index (χ4v) is 0.622. The van der Waals surface area contributed by atoms with Gasteiger partial charge in [-0.15, -0.1) is 0 Å². The van der Waals surface area contributed by atoms with E-state index < -0.39 is 5.97 Å². The fourth-order valence-electron chi connectivity index (χ4n) is 0.622. The molecule has 0 bridgehead atoms. The Labute approximate surface area is 108 Å². The van der Waals surface area contributed by atoms with Crippen LogP contribution in [0.5, 0.6) is 0 Å². The molecule has 0 saturated carbocycles. The van der Waals surface area contributed by atoms with Gasteiger partial charge in [0.1, 0.15) is 0 Å². The van der Waals surface area contributed by atoms with Gasteiger partial charge in [-0.2, -0.15) is 0 Å². The van der Waals surface area contributed by atoms with Crippen LogP contribution in [0.25, 0.3) is 0 Å². The van der Waals surface area contributed by atoms with Crippen molar-refractivity contribution in [3.8, 4) is 0 Å². The van der Waals surface area contributed by atoms with Crippen LogP contribution in [0.15, 0.2) is 12.2 Å². The third kappa shape index (κ3) is 17.4. The van der Waals surface area contributed by atoms with Gasteiger partial charge in [-0.3, -0.25) is 0 Å². The number of carboxylic acid groups (broad SMARTS) is 1. The number of hydrogen-bond donors (Lipinski definition) is 3. The van der Waals surface area contributed by atoms with Gasteiger partial charge in [-0.05, 0) is 13.3 Å². The second kappa shape index (κ2) is 14.1. The highest BCUT2D eigenvalue weighted by molar-refractivity contribution is 5.84. The highest BCUT2D eigenvalue weighted by Crippen LogP contribution is 1.90. The Hall–Kier alpha value is -0.950. The first-order chi connectivity index (χ1) is 8.45. The van der Waals surface area contributed by atoms with E-state index in [2.05, 4.69) is 6.58 Å². The molecular formula is C12H24O6. The number of aliphatic carboxylic acids is 1. The highest BCUT2D eigenvalue weighted by Gasteiger charge is 1.98. The van der Waals surface area contributed by atoms with Crippen LogP contribution in [0.4, 0.5) is 0 Å². The van der Waals surface area contributed by atoms with Gasteiger partial charge in [0, 0.05) is 5.57 Å². The molecule has 1 atom stereocenters. The van der Waals surface area contributed by atoms with Gasteiger partial charge in [0.25, 0.3) is 0 Å². The summed E-state index contributed by atoms with van der Waals surface area (Å²) in [4.78, 5) is 9.60. The van der Waals surface area contributed by atoms with Gasteiger partial charge in [0.15, 0.2) is 0 Å². The lowest BCUT2D eigenvalue weighted by Crippen LogP contribution is -2.16. The Balaban J connectivity index is 0. The third-order valence-electron chi connectivity index (χ3n) is 1.75. The van der Waals surface area contributed by atoms with Crippen LogP contribution in [0.3, 0.4) is 0 Å². The summed E-state index contributed by atoms with van der Waals surface area (Å²) >= 11 is 0. The zero-order valence-corrected chi connectivity index (χ0v) is 11.1. The van der Waals surface area contributed by atoms with Gasteiger partial charge in [-0.1, -0.05) is 13.5 Å². The van der Waals surface area contributed by atoms with Crippen LogP contribution in [-0.2, 0) is 14.3 Å². The molecule has 1 unspecified atom stereocenters. The van der Waals surface area contributed by atoms with Crippen LogP contribution in [0, 0.1) is 0 Å². The second-order valence-corrected chi connectivity index (χ2v) is 3.56. The normalized spacial score (nSPS) is 11.3. The topological polar surface area (TPSA) is 96.2 Å². The summed E-state index contributed by atoms with van der Waals surface area (Å²) in [5.41, 5.74) is 0.176. The van der Waals surface area contributed by atoms with E-state index in [1.54, 1.807) is 0 Å². The zero-order chi connectivity index (χ0) is 14.4. The van der Waals surface area contributed by atoms with Gasteiger partial charge in [0.05, 0.1) is 39.1 Å². The predicted octanol–water partition coefficient (Wildman–Crippen LogP) is 0.430. The molecule has 0 aromatic rings. The number of aliphatic hydroxyl groups is 2. The summed E-state index contributed by atoms with van der Waals surface area (Å²) in [5, 5.41) is 25.3. The Kier molecular flexibility index (Phi) is 15.2. The van der Waals surface area contributed by atoms with Crippen LogP contribution >= 0.6 is 0 Å². The molecule has 0 spiro atoms. The van der Waals surface area contributed by atoms with E-state index in [9.17, 15) is 4.79 Å². The van der Waals surface area contributed by atoms with Crippen LogP contribution in [-0.4, -0.2) is 60.4 Å². The molecule has 0 aliphatic carbocycles. The molecule has 0 aromatic carbocycles. The van der Waals surface area contributed by atoms with E-state index in [4.69, 9.17) is 24.8 Å². The minimum absolute atomic E-state index is 0.0393. The lowest BCUT2D eigenvalue weighted by atomic mass is 10.3. The lowest BCUT2D eigenvalue weighted by Gasteiger charge is -2.08. The predicted molar refractivity (Wildman–Crippen MR) is 67.5 cm³/mol. The molecule has 0 aliphatic heterocycles. The van der Waals surface area contributed by atoms with Gasteiger partial charge in [-0.25, -0.2) is 4.79 Å². The Morgan fingerprint density at radius 1 is 1.28 bits per heavy atom. The summed E-state index contributed by atoms with van der Waals surface area (Å²) in [6, 6.07) is 0. The van der Waals surface area contributed by atoms with Crippen molar-refractivity contribution in [2.75, 3.05) is 33.0 Å². The third-order valence-corrected chi connectivity index (χ3v) is 1.75. The molecule has 3 N–H and O–H groups in total. The van der Waals surface area contributed by atoms with Gasteiger partial charge in [0.2, 0.25) is 0 Å². The van der Waals surface area contributed by atoms with Crippen molar-refractivity contribution in [2.45, 2.75) is 26.4 Å². The van der Waals surface area contributed by atoms with Crippen LogP contribution in [0.2, 0.25) is 0 Å². The fraction of sp³-hybridized carbons (Fsp3) is 0.750. The van der Waals surface area contributed by atoms with E-state index >= 15 is 0 Å². The minimum atomic E-state index is -0.935. The van der Waals surface area contributed by atoms with E-state index in [1.165, 1.54) is 6.92 Å². The summed E-state index contributed by atoms with van der Waals surface area (Å²) in [6.45, 7) is 8.19. The smallest absolute Gasteiger partial charge is 0.330 e. The molecule has 0 radical (unpaired) electrons. The first-order valence-corrected chi connectivity index (χ1v) is 5.78. The zero-order valence-electron chi connectivity index (χ0n) is 11.1. The number of carboxylic acids is 1. The summed E-state index contributed by atoms with van der Waals surface area (Å²) in [5.74, 6) is -0.935. The first-order valence-electron chi connectivity index (χ1n) is 5.78. The summed E-state index contributed by atoms with van der Waals surface area (Å²) < 4.78 is 10.0. The van der Waals surface area contributed by atoms with Gasteiger partial charge < -0.3 is 24.8 Å². The number of carbonyl (C=O) groups is 1. The molecule has 0 saturated heterocycles. The van der Waals surface area contributed by atoms with E-state index in [1.807, 2.05) is 6.92 Å². The van der Waals surface area contributed by atoms with E-state index in [-0.39, 0.29) is 18.3 Å². The van der Waals surface area contributed by atoms with Gasteiger partial charge >= 0.3 is 5.97 Å². The molecule has 0 aromatic heterocycles. The van der Waals surface area contributed by atoms with Crippen molar-refractivity contribution in [1.82, 2.24) is 0 Å². The summed E-state index contributed by atoms with van der Waals surface area (Å²) in [6.07, 6.45) is 0.333.